The summed E-state index contributed by atoms with van der Waals surface area (Å²) < 4.78 is 13.5. The normalized spacial score (nSPS) is 25.3. The van der Waals surface area contributed by atoms with Gasteiger partial charge in [-0.3, -0.25) is 14.6 Å². The molecule has 1 saturated carbocycles. The zero-order valence-corrected chi connectivity index (χ0v) is 14.7. The number of hydrogen-bond donors (Lipinski definition) is 1. The number of hydrogen-bond acceptors (Lipinski definition) is 3. The third-order valence-electron chi connectivity index (χ3n) is 5.62. The topological polar surface area (TPSA) is 76.3 Å². The fourth-order valence-corrected chi connectivity index (χ4v) is 3.97. The highest BCUT2D eigenvalue weighted by Crippen LogP contribution is 2.40. The predicted molar refractivity (Wildman–Crippen MR) is 96.0 cm³/mol. The van der Waals surface area contributed by atoms with Gasteiger partial charge in [-0.15, -0.1) is 0 Å². The average molecular weight is 355 g/mol. The van der Waals surface area contributed by atoms with E-state index in [9.17, 15) is 14.0 Å². The number of rotatable bonds is 3. The molecular formula is C20H22FN3O2. The van der Waals surface area contributed by atoms with Crippen molar-refractivity contribution in [3.8, 4) is 0 Å². The molecule has 4 rings (SSSR count). The summed E-state index contributed by atoms with van der Waals surface area (Å²) in [6.07, 6.45) is 2.69. The van der Waals surface area contributed by atoms with Crippen LogP contribution in [0.1, 0.15) is 48.2 Å². The van der Waals surface area contributed by atoms with Crippen LogP contribution in [-0.2, 0) is 4.79 Å². The number of nitrogens with zero attached hydrogens (tertiary/aromatic N) is 2. The minimum atomic E-state index is -0.571. The Bertz CT molecular complexity index is 898. The smallest absolute Gasteiger partial charge is 0.250 e. The van der Waals surface area contributed by atoms with Gasteiger partial charge in [0, 0.05) is 30.3 Å². The minimum Gasteiger partial charge on any atom is -0.366 e. The van der Waals surface area contributed by atoms with Gasteiger partial charge in [0.2, 0.25) is 5.91 Å². The lowest BCUT2D eigenvalue weighted by Crippen LogP contribution is -2.40. The Morgan fingerprint density at radius 3 is 2.77 bits per heavy atom. The predicted octanol–water partition coefficient (Wildman–Crippen LogP) is 2.83. The van der Waals surface area contributed by atoms with Crippen LogP contribution in [0.15, 0.2) is 24.3 Å². The van der Waals surface area contributed by atoms with E-state index in [4.69, 9.17) is 5.73 Å². The SMILES string of the molecule is C[C@@H]1C[C@H]1C(=O)N1CCC[C@H](c2nc3ccc(F)cc3cc2C(N)=O)C1. The van der Waals surface area contributed by atoms with Crippen molar-refractivity contribution in [1.82, 2.24) is 9.88 Å². The number of carbonyl (C=O) groups is 2. The number of piperidine rings is 1. The molecule has 2 fully saturated rings. The second-order valence-electron chi connectivity index (χ2n) is 7.57. The third-order valence-corrected chi connectivity index (χ3v) is 5.62. The van der Waals surface area contributed by atoms with Gasteiger partial charge in [-0.05, 0) is 49.4 Å². The van der Waals surface area contributed by atoms with Crippen LogP contribution in [0.5, 0.6) is 0 Å². The fourth-order valence-electron chi connectivity index (χ4n) is 3.97. The van der Waals surface area contributed by atoms with Crippen LogP contribution in [0.25, 0.3) is 10.9 Å². The van der Waals surface area contributed by atoms with Crippen LogP contribution >= 0.6 is 0 Å². The summed E-state index contributed by atoms with van der Waals surface area (Å²) in [5.41, 5.74) is 7.14. The van der Waals surface area contributed by atoms with Gasteiger partial charge in [-0.1, -0.05) is 6.92 Å². The summed E-state index contributed by atoms with van der Waals surface area (Å²) in [4.78, 5) is 31.1. The minimum absolute atomic E-state index is 0.0290. The number of pyridine rings is 1. The number of primary amides is 1. The van der Waals surface area contributed by atoms with E-state index in [2.05, 4.69) is 11.9 Å². The number of likely N-dealkylation sites (tertiary alicyclic amines) is 1. The molecule has 3 atom stereocenters. The summed E-state index contributed by atoms with van der Waals surface area (Å²) in [6, 6.07) is 5.93. The number of aromatic nitrogens is 1. The van der Waals surface area contributed by atoms with E-state index in [-0.39, 0.29) is 23.6 Å². The number of fused-ring (bicyclic) bond motifs is 1. The summed E-state index contributed by atoms with van der Waals surface area (Å²) in [5.74, 6) is -0.146. The number of carbonyl (C=O) groups excluding carboxylic acids is 2. The van der Waals surface area contributed by atoms with Crippen molar-refractivity contribution in [2.45, 2.75) is 32.1 Å². The van der Waals surface area contributed by atoms with E-state index < -0.39 is 5.91 Å². The molecule has 0 radical (unpaired) electrons. The van der Waals surface area contributed by atoms with Crippen molar-refractivity contribution in [2.75, 3.05) is 13.1 Å². The Kier molecular flexibility index (Phi) is 4.13. The van der Waals surface area contributed by atoms with E-state index in [0.717, 1.165) is 25.8 Å². The number of halogens is 1. The van der Waals surface area contributed by atoms with Crippen molar-refractivity contribution in [3.63, 3.8) is 0 Å². The first-order chi connectivity index (χ1) is 12.4. The molecule has 6 heteroatoms. The van der Waals surface area contributed by atoms with Crippen LogP contribution in [-0.4, -0.2) is 34.8 Å². The Morgan fingerprint density at radius 2 is 2.08 bits per heavy atom. The van der Waals surface area contributed by atoms with Gasteiger partial charge >= 0.3 is 0 Å². The number of amides is 2. The Morgan fingerprint density at radius 1 is 1.31 bits per heavy atom. The quantitative estimate of drug-likeness (QED) is 0.920. The molecule has 0 unspecified atom stereocenters. The van der Waals surface area contributed by atoms with E-state index in [1.807, 2.05) is 4.90 Å². The number of benzene rings is 1. The first-order valence-electron chi connectivity index (χ1n) is 9.13. The van der Waals surface area contributed by atoms with Crippen molar-refractivity contribution >= 4 is 22.7 Å². The zero-order chi connectivity index (χ0) is 18.4. The lowest BCUT2D eigenvalue weighted by atomic mass is 9.90. The molecule has 0 bridgehead atoms. The standard InChI is InChI=1S/C20H22FN3O2/c1-11-7-15(11)20(26)24-6-2-3-12(10-24)18-16(19(22)25)9-13-8-14(21)4-5-17(13)23-18/h4-5,8-9,11-12,15H,2-3,6-7,10H2,1H3,(H2,22,25)/t11-,12+,15-/m1/s1. The second kappa shape index (κ2) is 6.34. The summed E-state index contributed by atoms with van der Waals surface area (Å²) in [6.45, 7) is 3.41. The van der Waals surface area contributed by atoms with Gasteiger partial charge in [0.1, 0.15) is 5.82 Å². The summed E-state index contributed by atoms with van der Waals surface area (Å²) in [5, 5.41) is 0.554. The van der Waals surface area contributed by atoms with Gasteiger partial charge in [-0.25, -0.2) is 4.39 Å². The Balaban J connectivity index is 1.68. The third kappa shape index (κ3) is 3.04. The highest BCUT2D eigenvalue weighted by atomic mass is 19.1. The van der Waals surface area contributed by atoms with Crippen LogP contribution in [0.2, 0.25) is 0 Å². The maximum atomic E-state index is 13.5. The average Bonchev–Trinajstić information content (AvgIpc) is 3.36. The van der Waals surface area contributed by atoms with Crippen LogP contribution in [0, 0.1) is 17.7 Å². The molecular weight excluding hydrogens is 333 g/mol. The molecule has 1 aromatic carbocycles. The molecule has 136 valence electrons. The molecule has 1 aliphatic carbocycles. The molecule has 2 aliphatic rings. The molecule has 2 N–H and O–H groups in total. The molecule has 5 nitrogen and oxygen atoms in total. The lowest BCUT2D eigenvalue weighted by molar-refractivity contribution is -0.134. The van der Waals surface area contributed by atoms with Gasteiger partial charge in [0.15, 0.2) is 0 Å². The Labute approximate surface area is 151 Å². The van der Waals surface area contributed by atoms with Crippen LogP contribution in [0.4, 0.5) is 4.39 Å². The molecule has 2 amide bonds. The molecule has 2 aromatic rings. The first-order valence-corrected chi connectivity index (χ1v) is 9.13. The first kappa shape index (κ1) is 16.9. The number of nitrogens with two attached hydrogens (primary N) is 1. The molecule has 1 aliphatic heterocycles. The van der Waals surface area contributed by atoms with Crippen molar-refractivity contribution in [3.05, 3.63) is 41.3 Å². The zero-order valence-electron chi connectivity index (χ0n) is 14.7. The van der Waals surface area contributed by atoms with Crippen molar-refractivity contribution in [1.29, 1.82) is 0 Å². The molecule has 26 heavy (non-hydrogen) atoms. The maximum absolute atomic E-state index is 13.5. The largest absolute Gasteiger partial charge is 0.366 e. The van der Waals surface area contributed by atoms with E-state index in [1.54, 1.807) is 12.1 Å². The highest BCUT2D eigenvalue weighted by Gasteiger charge is 2.42. The Hall–Kier alpha value is -2.50. The molecule has 1 saturated heterocycles. The molecule has 2 heterocycles. The van der Waals surface area contributed by atoms with E-state index >= 15 is 0 Å². The second-order valence-corrected chi connectivity index (χ2v) is 7.57. The van der Waals surface area contributed by atoms with Gasteiger partial charge < -0.3 is 10.6 Å². The van der Waals surface area contributed by atoms with Gasteiger partial charge in [0.25, 0.3) is 5.91 Å². The van der Waals surface area contributed by atoms with Crippen molar-refractivity contribution in [2.24, 2.45) is 17.6 Å². The molecule has 1 aromatic heterocycles. The summed E-state index contributed by atoms with van der Waals surface area (Å²) in [7, 11) is 0. The van der Waals surface area contributed by atoms with E-state index in [0.29, 0.717) is 34.6 Å². The maximum Gasteiger partial charge on any atom is 0.250 e. The van der Waals surface area contributed by atoms with E-state index in [1.165, 1.54) is 12.1 Å². The van der Waals surface area contributed by atoms with Crippen molar-refractivity contribution < 1.29 is 14.0 Å². The summed E-state index contributed by atoms with van der Waals surface area (Å²) >= 11 is 0. The van der Waals surface area contributed by atoms with Crippen LogP contribution < -0.4 is 5.73 Å². The van der Waals surface area contributed by atoms with Gasteiger partial charge in [0.05, 0.1) is 16.8 Å². The van der Waals surface area contributed by atoms with Crippen LogP contribution in [0.3, 0.4) is 0 Å². The molecule has 0 spiro atoms. The monoisotopic (exact) mass is 355 g/mol. The fraction of sp³-hybridized carbons (Fsp3) is 0.450. The van der Waals surface area contributed by atoms with Gasteiger partial charge in [-0.2, -0.15) is 0 Å². The highest BCUT2D eigenvalue weighted by molar-refractivity contribution is 5.98. The lowest BCUT2D eigenvalue weighted by Gasteiger charge is -2.33.